The van der Waals surface area contributed by atoms with E-state index in [1.54, 1.807) is 30.3 Å². The van der Waals surface area contributed by atoms with Crippen molar-refractivity contribution in [1.82, 2.24) is 15.1 Å². The van der Waals surface area contributed by atoms with Gasteiger partial charge >= 0.3 is 0 Å². The third kappa shape index (κ3) is 5.14. The van der Waals surface area contributed by atoms with Gasteiger partial charge in [0, 0.05) is 30.7 Å². The fourth-order valence-corrected chi connectivity index (χ4v) is 4.10. The molecule has 0 aliphatic carbocycles. The summed E-state index contributed by atoms with van der Waals surface area (Å²) in [5.74, 6) is 0.608. The highest BCUT2D eigenvalue weighted by atomic mass is 35.5. The van der Waals surface area contributed by atoms with E-state index < -0.39 is 0 Å². The second-order valence-electron chi connectivity index (χ2n) is 7.91. The standard InChI is InChI=1S/C24H25ClN4O2/c1-17-5-2-6-18(13-17)15-26-24(31)19-7-4-12-28(16-19)22-10-11-23(30)29(27-22)21-9-3-8-20(25)14-21/h2-3,5-6,8-11,13-14,19H,4,7,12,15-16H2,1H3,(H,26,31)/t19-/m0/s1. The summed E-state index contributed by atoms with van der Waals surface area (Å²) in [7, 11) is 0. The molecule has 0 radical (unpaired) electrons. The van der Waals surface area contributed by atoms with Crippen LogP contribution in [-0.2, 0) is 11.3 Å². The highest BCUT2D eigenvalue weighted by molar-refractivity contribution is 6.30. The molecular weight excluding hydrogens is 412 g/mol. The van der Waals surface area contributed by atoms with Gasteiger partial charge in [0.05, 0.1) is 11.6 Å². The zero-order chi connectivity index (χ0) is 21.8. The highest BCUT2D eigenvalue weighted by Crippen LogP contribution is 2.22. The van der Waals surface area contributed by atoms with Crippen LogP contribution in [0.15, 0.2) is 65.5 Å². The Labute approximate surface area is 186 Å². The minimum atomic E-state index is -0.226. The van der Waals surface area contributed by atoms with Crippen molar-refractivity contribution in [3.63, 3.8) is 0 Å². The number of hydrogen-bond acceptors (Lipinski definition) is 4. The average Bonchev–Trinajstić information content (AvgIpc) is 2.78. The molecule has 0 saturated carbocycles. The maximum absolute atomic E-state index is 12.8. The lowest BCUT2D eigenvalue weighted by atomic mass is 9.97. The Balaban J connectivity index is 1.46. The second kappa shape index (κ2) is 9.35. The normalized spacial score (nSPS) is 16.2. The lowest BCUT2D eigenvalue weighted by Crippen LogP contribution is -2.43. The Morgan fingerprint density at radius 1 is 1.16 bits per heavy atom. The molecule has 3 aromatic rings. The summed E-state index contributed by atoms with van der Waals surface area (Å²) in [5, 5.41) is 8.15. The van der Waals surface area contributed by atoms with E-state index in [0.29, 0.717) is 29.6 Å². The third-order valence-corrected chi connectivity index (χ3v) is 5.74. The van der Waals surface area contributed by atoms with E-state index in [-0.39, 0.29) is 17.4 Å². The van der Waals surface area contributed by atoms with E-state index in [9.17, 15) is 9.59 Å². The van der Waals surface area contributed by atoms with Gasteiger partial charge in [-0.1, -0.05) is 47.5 Å². The molecule has 1 aromatic heterocycles. The van der Waals surface area contributed by atoms with Crippen molar-refractivity contribution in [3.05, 3.63) is 87.2 Å². The Bertz CT molecular complexity index is 1140. The first-order valence-corrected chi connectivity index (χ1v) is 10.8. The zero-order valence-electron chi connectivity index (χ0n) is 17.4. The van der Waals surface area contributed by atoms with Gasteiger partial charge in [-0.15, -0.1) is 5.10 Å². The molecule has 0 spiro atoms. The van der Waals surface area contributed by atoms with Crippen LogP contribution in [0.3, 0.4) is 0 Å². The summed E-state index contributed by atoms with van der Waals surface area (Å²) in [5.41, 5.74) is 2.66. The Hall–Kier alpha value is -3.12. The number of nitrogens with one attached hydrogen (secondary N) is 1. The molecule has 7 heteroatoms. The summed E-state index contributed by atoms with van der Waals surface area (Å²) in [6, 6.07) is 18.4. The predicted molar refractivity (Wildman–Crippen MR) is 123 cm³/mol. The maximum Gasteiger partial charge on any atom is 0.271 e. The summed E-state index contributed by atoms with van der Waals surface area (Å²) >= 11 is 6.07. The van der Waals surface area contributed by atoms with Crippen LogP contribution in [0.25, 0.3) is 5.69 Å². The molecule has 31 heavy (non-hydrogen) atoms. The van der Waals surface area contributed by atoms with E-state index in [0.717, 1.165) is 24.9 Å². The largest absolute Gasteiger partial charge is 0.354 e. The molecule has 0 unspecified atom stereocenters. The number of aryl methyl sites for hydroxylation is 1. The van der Waals surface area contributed by atoms with E-state index in [1.165, 1.54) is 16.3 Å². The predicted octanol–water partition coefficient (Wildman–Crippen LogP) is 3.73. The number of halogens is 1. The van der Waals surface area contributed by atoms with Crippen LogP contribution in [0.1, 0.15) is 24.0 Å². The Kier molecular flexibility index (Phi) is 6.37. The molecule has 1 atom stereocenters. The maximum atomic E-state index is 12.8. The summed E-state index contributed by atoms with van der Waals surface area (Å²) in [6.45, 7) is 3.93. The lowest BCUT2D eigenvalue weighted by molar-refractivity contribution is -0.125. The number of rotatable bonds is 5. The summed E-state index contributed by atoms with van der Waals surface area (Å²) in [6.07, 6.45) is 1.73. The molecule has 1 N–H and O–H groups in total. The van der Waals surface area contributed by atoms with E-state index in [4.69, 9.17) is 11.6 Å². The number of anilines is 1. The van der Waals surface area contributed by atoms with Crippen molar-refractivity contribution in [2.24, 2.45) is 5.92 Å². The van der Waals surface area contributed by atoms with Gasteiger partial charge in [0.25, 0.3) is 5.56 Å². The quantitative estimate of drug-likeness (QED) is 0.661. The minimum absolute atomic E-state index is 0.0503. The van der Waals surface area contributed by atoms with Gasteiger partial charge in [-0.05, 0) is 49.6 Å². The van der Waals surface area contributed by atoms with Crippen LogP contribution < -0.4 is 15.8 Å². The number of hydrogen-bond donors (Lipinski definition) is 1. The fourth-order valence-electron chi connectivity index (χ4n) is 3.92. The van der Waals surface area contributed by atoms with Gasteiger partial charge in [0.1, 0.15) is 5.82 Å². The molecule has 6 nitrogen and oxygen atoms in total. The van der Waals surface area contributed by atoms with Crippen molar-refractivity contribution >= 4 is 23.3 Å². The van der Waals surface area contributed by atoms with Crippen molar-refractivity contribution in [2.75, 3.05) is 18.0 Å². The molecule has 1 amide bonds. The SMILES string of the molecule is Cc1cccc(CNC(=O)[C@H]2CCCN(c3ccc(=O)n(-c4cccc(Cl)c4)n3)C2)c1. The zero-order valence-corrected chi connectivity index (χ0v) is 18.2. The van der Waals surface area contributed by atoms with Crippen LogP contribution in [-0.4, -0.2) is 28.8 Å². The van der Waals surface area contributed by atoms with Gasteiger partial charge in [-0.25, -0.2) is 0 Å². The van der Waals surface area contributed by atoms with Gasteiger partial charge in [-0.3, -0.25) is 9.59 Å². The molecular formula is C24H25ClN4O2. The van der Waals surface area contributed by atoms with Crippen LogP contribution >= 0.6 is 11.6 Å². The number of aromatic nitrogens is 2. The van der Waals surface area contributed by atoms with Gasteiger partial charge in [-0.2, -0.15) is 4.68 Å². The van der Waals surface area contributed by atoms with Crippen LogP contribution in [0.4, 0.5) is 5.82 Å². The van der Waals surface area contributed by atoms with Gasteiger partial charge in [0.15, 0.2) is 0 Å². The number of benzene rings is 2. The van der Waals surface area contributed by atoms with Crippen molar-refractivity contribution < 1.29 is 4.79 Å². The molecule has 1 fully saturated rings. The van der Waals surface area contributed by atoms with Crippen molar-refractivity contribution in [3.8, 4) is 5.69 Å². The van der Waals surface area contributed by atoms with Gasteiger partial charge in [0.2, 0.25) is 5.91 Å². The van der Waals surface area contributed by atoms with Crippen LogP contribution in [0.2, 0.25) is 5.02 Å². The average molecular weight is 437 g/mol. The summed E-state index contributed by atoms with van der Waals surface area (Å²) in [4.78, 5) is 27.2. The van der Waals surface area contributed by atoms with Crippen LogP contribution in [0, 0.1) is 12.8 Å². The number of carbonyl (C=O) groups is 1. The first kappa shape index (κ1) is 21.1. The fraction of sp³-hybridized carbons (Fsp3) is 0.292. The highest BCUT2D eigenvalue weighted by Gasteiger charge is 2.26. The van der Waals surface area contributed by atoms with E-state index in [2.05, 4.69) is 21.4 Å². The lowest BCUT2D eigenvalue weighted by Gasteiger charge is -2.33. The molecule has 160 valence electrons. The monoisotopic (exact) mass is 436 g/mol. The number of amides is 1. The first-order chi connectivity index (χ1) is 15.0. The second-order valence-corrected chi connectivity index (χ2v) is 8.35. The number of carbonyl (C=O) groups excluding carboxylic acids is 1. The van der Waals surface area contributed by atoms with Crippen molar-refractivity contribution in [1.29, 1.82) is 0 Å². The smallest absolute Gasteiger partial charge is 0.271 e. The Morgan fingerprint density at radius 3 is 2.81 bits per heavy atom. The molecule has 2 aromatic carbocycles. The minimum Gasteiger partial charge on any atom is -0.354 e. The van der Waals surface area contributed by atoms with E-state index in [1.807, 2.05) is 25.1 Å². The number of piperidine rings is 1. The third-order valence-electron chi connectivity index (χ3n) is 5.50. The molecule has 4 rings (SSSR count). The Morgan fingerprint density at radius 2 is 2.00 bits per heavy atom. The molecule has 2 heterocycles. The molecule has 1 aliphatic rings. The number of nitrogens with zero attached hydrogens (tertiary/aromatic N) is 3. The van der Waals surface area contributed by atoms with Gasteiger partial charge < -0.3 is 10.2 Å². The van der Waals surface area contributed by atoms with Crippen LogP contribution in [0.5, 0.6) is 0 Å². The molecule has 0 bridgehead atoms. The summed E-state index contributed by atoms with van der Waals surface area (Å²) < 4.78 is 1.35. The van der Waals surface area contributed by atoms with Crippen molar-refractivity contribution in [2.45, 2.75) is 26.3 Å². The first-order valence-electron chi connectivity index (χ1n) is 10.4. The molecule has 1 aliphatic heterocycles. The topological polar surface area (TPSA) is 67.2 Å². The molecule has 1 saturated heterocycles. The van der Waals surface area contributed by atoms with E-state index >= 15 is 0 Å².